The van der Waals surface area contributed by atoms with Crippen molar-refractivity contribution >= 4 is 8.60 Å². The minimum atomic E-state index is -2.22. The molecule has 0 fully saturated rings. The first-order chi connectivity index (χ1) is 3.27. The van der Waals surface area contributed by atoms with E-state index in [1.165, 1.54) is 0 Å². The van der Waals surface area contributed by atoms with Crippen molar-refractivity contribution in [3.8, 4) is 0 Å². The maximum atomic E-state index is 8.02. The fourth-order valence-corrected chi connectivity index (χ4v) is 0.367. The molecule has 44 valence electrons. The lowest BCUT2D eigenvalue weighted by Crippen LogP contribution is -2.09. The maximum Gasteiger partial charge on any atom is 0.345 e. The Morgan fingerprint density at radius 1 is 1.71 bits per heavy atom. The lowest BCUT2D eigenvalue weighted by atomic mass is 10.8. The van der Waals surface area contributed by atoms with Gasteiger partial charge in [-0.3, -0.25) is 0 Å². The fourth-order valence-electron chi connectivity index (χ4n) is 0.122. The van der Waals surface area contributed by atoms with Crippen molar-refractivity contribution in [3.63, 3.8) is 0 Å². The van der Waals surface area contributed by atoms with Crippen LogP contribution in [0.25, 0.3) is 0 Å². The average molecular weight is 125 g/mol. The highest BCUT2D eigenvalue weighted by molar-refractivity contribution is 7.39. The van der Waals surface area contributed by atoms with Gasteiger partial charge >= 0.3 is 8.60 Å². The second-order valence-electron chi connectivity index (χ2n) is 0.842. The van der Waals surface area contributed by atoms with Crippen molar-refractivity contribution in [2.75, 3.05) is 6.54 Å². The van der Waals surface area contributed by atoms with Gasteiger partial charge in [-0.25, -0.2) is 4.62 Å². The van der Waals surface area contributed by atoms with Gasteiger partial charge in [-0.05, 0) is 0 Å². The minimum absolute atomic E-state index is 0.569. The van der Waals surface area contributed by atoms with Crippen LogP contribution in [0.1, 0.15) is 6.92 Å². The van der Waals surface area contributed by atoms with E-state index < -0.39 is 8.60 Å². The third kappa shape index (κ3) is 6.27. The Hall–Kier alpha value is 0.270. The molecular weight excluding hydrogens is 117 g/mol. The van der Waals surface area contributed by atoms with Crippen molar-refractivity contribution in [2.24, 2.45) is 0 Å². The molecule has 0 radical (unpaired) electrons. The molecule has 0 heterocycles. The molecule has 0 bridgehead atoms. The predicted octanol–water partition coefficient (Wildman–Crippen LogP) is -0.261. The normalized spacial score (nSPS) is 10.3. The van der Waals surface area contributed by atoms with E-state index in [1.54, 1.807) is 6.92 Å². The first kappa shape index (κ1) is 7.27. The number of hydroxylamine groups is 1. The highest BCUT2D eigenvalue weighted by Gasteiger charge is 1.93. The Balaban J connectivity index is 2.68. The molecule has 0 saturated heterocycles. The van der Waals surface area contributed by atoms with Gasteiger partial charge in [0.25, 0.3) is 0 Å². The molecule has 0 aromatic carbocycles. The first-order valence-electron chi connectivity index (χ1n) is 1.85. The van der Waals surface area contributed by atoms with Crippen LogP contribution in [-0.2, 0) is 4.62 Å². The molecule has 0 aliphatic heterocycles. The van der Waals surface area contributed by atoms with Gasteiger partial charge in [-0.15, -0.1) is 0 Å². The molecule has 0 aliphatic rings. The summed E-state index contributed by atoms with van der Waals surface area (Å²) in [5.41, 5.74) is 2.28. The van der Waals surface area contributed by atoms with Crippen LogP contribution in [0.2, 0.25) is 0 Å². The largest absolute Gasteiger partial charge is 0.345 e. The van der Waals surface area contributed by atoms with Gasteiger partial charge in [0.2, 0.25) is 0 Å². The molecule has 0 rings (SSSR count). The zero-order valence-electron chi connectivity index (χ0n) is 3.96. The van der Waals surface area contributed by atoms with Gasteiger partial charge in [-0.1, -0.05) is 6.92 Å². The zero-order chi connectivity index (χ0) is 5.70. The van der Waals surface area contributed by atoms with Crippen LogP contribution in [0.15, 0.2) is 0 Å². The maximum absolute atomic E-state index is 8.02. The minimum Gasteiger partial charge on any atom is -0.327 e. The molecule has 0 aliphatic carbocycles. The predicted molar refractivity (Wildman–Crippen MR) is 26.1 cm³/mol. The Morgan fingerprint density at radius 3 is 2.43 bits per heavy atom. The third-order valence-electron chi connectivity index (χ3n) is 0.291. The van der Waals surface area contributed by atoms with Crippen LogP contribution in [0.5, 0.6) is 0 Å². The third-order valence-corrected chi connectivity index (χ3v) is 0.583. The van der Waals surface area contributed by atoms with Crippen molar-refractivity contribution in [1.29, 1.82) is 0 Å². The summed E-state index contributed by atoms with van der Waals surface area (Å²) in [5, 5.41) is 0. The van der Waals surface area contributed by atoms with Gasteiger partial charge in [0.1, 0.15) is 0 Å². The average Bonchev–Trinajstić information content (AvgIpc) is 1.61. The van der Waals surface area contributed by atoms with Crippen molar-refractivity contribution in [3.05, 3.63) is 0 Å². The summed E-state index contributed by atoms with van der Waals surface area (Å²) in [4.78, 5) is 16.0. The summed E-state index contributed by atoms with van der Waals surface area (Å²) in [7, 11) is -2.22. The van der Waals surface area contributed by atoms with Gasteiger partial charge in [0.15, 0.2) is 0 Å². The molecule has 0 aromatic heterocycles. The SMILES string of the molecule is CCNOP(O)O. The highest BCUT2D eigenvalue weighted by Crippen LogP contribution is 2.20. The smallest absolute Gasteiger partial charge is 0.327 e. The number of rotatable bonds is 3. The van der Waals surface area contributed by atoms with E-state index in [9.17, 15) is 0 Å². The zero-order valence-corrected chi connectivity index (χ0v) is 4.85. The summed E-state index contributed by atoms with van der Waals surface area (Å²) >= 11 is 0. The summed E-state index contributed by atoms with van der Waals surface area (Å²) in [6.45, 7) is 2.36. The van der Waals surface area contributed by atoms with Gasteiger partial charge in [-0.2, -0.15) is 5.48 Å². The molecule has 0 amide bonds. The Bertz CT molecular complexity index is 41.9. The van der Waals surface area contributed by atoms with E-state index in [2.05, 4.69) is 10.1 Å². The van der Waals surface area contributed by atoms with Gasteiger partial charge in [0, 0.05) is 6.54 Å². The number of hydrogen-bond acceptors (Lipinski definition) is 4. The summed E-state index contributed by atoms with van der Waals surface area (Å²) < 4.78 is 4.12. The van der Waals surface area contributed by atoms with E-state index in [1.807, 2.05) is 0 Å². The molecule has 4 nitrogen and oxygen atoms in total. The fraction of sp³-hybridized carbons (Fsp3) is 1.00. The second-order valence-corrected chi connectivity index (χ2v) is 1.53. The highest BCUT2D eigenvalue weighted by atomic mass is 31.2. The lowest BCUT2D eigenvalue weighted by molar-refractivity contribution is 0.168. The molecule has 0 unspecified atom stereocenters. The van der Waals surface area contributed by atoms with Crippen molar-refractivity contribution < 1.29 is 14.4 Å². The van der Waals surface area contributed by atoms with Crippen LogP contribution in [0.3, 0.4) is 0 Å². The van der Waals surface area contributed by atoms with E-state index in [-0.39, 0.29) is 0 Å². The molecule has 0 spiro atoms. The Labute approximate surface area is 43.1 Å². The Morgan fingerprint density at radius 2 is 2.29 bits per heavy atom. The summed E-state index contributed by atoms with van der Waals surface area (Å²) in [6, 6.07) is 0. The quantitative estimate of drug-likeness (QED) is 0.359. The van der Waals surface area contributed by atoms with Crippen molar-refractivity contribution in [1.82, 2.24) is 5.48 Å². The van der Waals surface area contributed by atoms with Crippen LogP contribution in [-0.4, -0.2) is 16.3 Å². The Kier molecular flexibility index (Phi) is 4.60. The second kappa shape index (κ2) is 4.43. The van der Waals surface area contributed by atoms with Crippen LogP contribution in [0.4, 0.5) is 0 Å². The van der Waals surface area contributed by atoms with E-state index in [0.717, 1.165) is 0 Å². The number of hydrogen-bond donors (Lipinski definition) is 3. The molecule has 3 N–H and O–H groups in total. The standard InChI is InChI=1S/C2H8NO3P/c1-2-3-6-7(4)5/h3-5H,2H2,1H3. The molecule has 0 atom stereocenters. The number of nitrogens with one attached hydrogen (secondary N) is 1. The van der Waals surface area contributed by atoms with Gasteiger partial charge < -0.3 is 9.79 Å². The monoisotopic (exact) mass is 125 g/mol. The molecule has 7 heavy (non-hydrogen) atoms. The molecule has 5 heteroatoms. The lowest BCUT2D eigenvalue weighted by Gasteiger charge is -1.99. The van der Waals surface area contributed by atoms with Crippen LogP contribution in [0, 0.1) is 0 Å². The molecular formula is C2H8NO3P. The van der Waals surface area contributed by atoms with E-state index >= 15 is 0 Å². The topological polar surface area (TPSA) is 61.7 Å². The summed E-state index contributed by atoms with van der Waals surface area (Å²) in [6.07, 6.45) is 0. The first-order valence-corrected chi connectivity index (χ1v) is 3.01. The van der Waals surface area contributed by atoms with Crippen LogP contribution < -0.4 is 5.48 Å². The van der Waals surface area contributed by atoms with E-state index in [4.69, 9.17) is 9.79 Å². The van der Waals surface area contributed by atoms with Gasteiger partial charge in [0.05, 0.1) is 0 Å². The summed E-state index contributed by atoms with van der Waals surface area (Å²) in [5.74, 6) is 0. The molecule has 0 saturated carbocycles. The van der Waals surface area contributed by atoms with E-state index in [0.29, 0.717) is 6.54 Å². The van der Waals surface area contributed by atoms with Crippen LogP contribution >= 0.6 is 8.60 Å². The molecule has 0 aromatic rings. The van der Waals surface area contributed by atoms with Crippen molar-refractivity contribution in [2.45, 2.75) is 6.92 Å².